The molecule has 90 valence electrons. The molecule has 2 heteroatoms. The number of halogens is 1. The zero-order valence-electron chi connectivity index (χ0n) is 10.0. The molecule has 0 N–H and O–H groups in total. The minimum atomic E-state index is 0.786. The van der Waals surface area contributed by atoms with E-state index in [0.717, 1.165) is 24.2 Å². The van der Waals surface area contributed by atoms with E-state index in [2.05, 4.69) is 35.3 Å². The van der Waals surface area contributed by atoms with Gasteiger partial charge in [0.25, 0.3) is 0 Å². The van der Waals surface area contributed by atoms with E-state index in [-0.39, 0.29) is 0 Å². The molecule has 2 rings (SSSR count). The molecule has 0 unspecified atom stereocenters. The zero-order chi connectivity index (χ0) is 11.9. The average Bonchev–Trinajstić information content (AvgIpc) is 2.38. The van der Waals surface area contributed by atoms with Crippen molar-refractivity contribution in [2.45, 2.75) is 32.1 Å². The molecule has 0 fully saturated rings. The number of nitrogens with zero attached hydrogens (tertiary/aromatic N) is 1. The van der Waals surface area contributed by atoms with Crippen LogP contribution in [0, 0.1) is 0 Å². The SMILES string of the molecule is ClCCCCCCc1ccc2ccccc2n1. The Hall–Kier alpha value is -1.08. The Labute approximate surface area is 108 Å². The van der Waals surface area contributed by atoms with Gasteiger partial charge in [0.2, 0.25) is 0 Å². The van der Waals surface area contributed by atoms with Crippen LogP contribution in [-0.4, -0.2) is 10.9 Å². The third-order valence-electron chi connectivity index (χ3n) is 2.97. The highest BCUT2D eigenvalue weighted by Crippen LogP contribution is 2.13. The number of fused-ring (bicyclic) bond motifs is 1. The van der Waals surface area contributed by atoms with Crippen LogP contribution in [0.15, 0.2) is 36.4 Å². The molecule has 1 heterocycles. The largest absolute Gasteiger partial charge is 0.253 e. The van der Waals surface area contributed by atoms with Crippen LogP contribution in [0.5, 0.6) is 0 Å². The fraction of sp³-hybridized carbons (Fsp3) is 0.400. The first kappa shape index (κ1) is 12.4. The Morgan fingerprint density at radius 3 is 2.59 bits per heavy atom. The Bertz CT molecular complexity index is 467. The van der Waals surface area contributed by atoms with E-state index in [1.807, 2.05) is 6.07 Å². The molecule has 0 saturated carbocycles. The first-order chi connectivity index (χ1) is 8.40. The lowest BCUT2D eigenvalue weighted by atomic mass is 10.1. The smallest absolute Gasteiger partial charge is 0.0705 e. The fourth-order valence-electron chi connectivity index (χ4n) is 2.00. The van der Waals surface area contributed by atoms with Crippen LogP contribution < -0.4 is 0 Å². The van der Waals surface area contributed by atoms with Crippen LogP contribution in [-0.2, 0) is 6.42 Å². The zero-order valence-corrected chi connectivity index (χ0v) is 10.8. The van der Waals surface area contributed by atoms with Gasteiger partial charge in [-0.1, -0.05) is 37.1 Å². The number of aromatic nitrogens is 1. The van der Waals surface area contributed by atoms with Crippen LogP contribution in [0.4, 0.5) is 0 Å². The van der Waals surface area contributed by atoms with E-state index in [1.165, 1.54) is 30.3 Å². The molecule has 0 atom stereocenters. The molecule has 17 heavy (non-hydrogen) atoms. The predicted molar refractivity (Wildman–Crippen MR) is 74.6 cm³/mol. The quantitative estimate of drug-likeness (QED) is 0.538. The monoisotopic (exact) mass is 247 g/mol. The minimum Gasteiger partial charge on any atom is -0.253 e. The number of hydrogen-bond acceptors (Lipinski definition) is 1. The maximum Gasteiger partial charge on any atom is 0.0705 e. The van der Waals surface area contributed by atoms with Crippen LogP contribution in [0.2, 0.25) is 0 Å². The Kier molecular flexibility index (Phi) is 4.81. The number of rotatable bonds is 6. The lowest BCUT2D eigenvalue weighted by molar-refractivity contribution is 0.663. The number of para-hydroxylation sites is 1. The van der Waals surface area contributed by atoms with Crippen molar-refractivity contribution < 1.29 is 0 Å². The van der Waals surface area contributed by atoms with Crippen molar-refractivity contribution >= 4 is 22.5 Å². The standard InChI is InChI=1S/C15H18ClN/c16-12-6-2-1-3-8-14-11-10-13-7-4-5-9-15(13)17-14/h4-5,7,9-11H,1-3,6,8,12H2. The summed E-state index contributed by atoms with van der Waals surface area (Å²) in [6, 6.07) is 12.6. The molecule has 0 amide bonds. The van der Waals surface area contributed by atoms with E-state index in [1.54, 1.807) is 0 Å². The highest BCUT2D eigenvalue weighted by molar-refractivity contribution is 6.17. The maximum absolute atomic E-state index is 5.65. The fourth-order valence-corrected chi connectivity index (χ4v) is 2.19. The molecule has 0 saturated heterocycles. The van der Waals surface area contributed by atoms with E-state index in [9.17, 15) is 0 Å². The molecule has 2 aromatic rings. The third-order valence-corrected chi connectivity index (χ3v) is 3.24. The molecule has 0 aliphatic heterocycles. The molecule has 0 aliphatic carbocycles. The van der Waals surface area contributed by atoms with Crippen LogP contribution >= 0.6 is 11.6 Å². The summed E-state index contributed by atoms with van der Waals surface area (Å²) in [5, 5.41) is 1.22. The topological polar surface area (TPSA) is 12.9 Å². The van der Waals surface area contributed by atoms with Crippen molar-refractivity contribution in [2.24, 2.45) is 0 Å². The third kappa shape index (κ3) is 3.71. The molecular formula is C15H18ClN. The summed E-state index contributed by atoms with van der Waals surface area (Å²) in [7, 11) is 0. The Balaban J connectivity index is 1.90. The van der Waals surface area contributed by atoms with E-state index >= 15 is 0 Å². The van der Waals surface area contributed by atoms with Gasteiger partial charge in [0.05, 0.1) is 5.52 Å². The van der Waals surface area contributed by atoms with Gasteiger partial charge in [0.15, 0.2) is 0 Å². The number of pyridine rings is 1. The number of benzene rings is 1. The Morgan fingerprint density at radius 2 is 1.71 bits per heavy atom. The van der Waals surface area contributed by atoms with Crippen molar-refractivity contribution in [1.29, 1.82) is 0 Å². The van der Waals surface area contributed by atoms with Gasteiger partial charge in [-0.25, -0.2) is 0 Å². The first-order valence-corrected chi connectivity index (χ1v) is 6.84. The van der Waals surface area contributed by atoms with Gasteiger partial charge in [0, 0.05) is 17.0 Å². The lowest BCUT2D eigenvalue weighted by Crippen LogP contribution is -1.91. The van der Waals surface area contributed by atoms with Gasteiger partial charge >= 0.3 is 0 Å². The van der Waals surface area contributed by atoms with Gasteiger partial charge in [0.1, 0.15) is 0 Å². The number of aryl methyl sites for hydroxylation is 1. The minimum absolute atomic E-state index is 0.786. The summed E-state index contributed by atoms with van der Waals surface area (Å²) in [6.45, 7) is 0. The molecule has 1 nitrogen and oxygen atoms in total. The normalized spacial score (nSPS) is 10.9. The van der Waals surface area contributed by atoms with Gasteiger partial charge in [-0.05, 0) is 31.4 Å². The maximum atomic E-state index is 5.65. The summed E-state index contributed by atoms with van der Waals surface area (Å²) in [5.74, 6) is 0.786. The molecular weight excluding hydrogens is 230 g/mol. The highest BCUT2D eigenvalue weighted by atomic mass is 35.5. The van der Waals surface area contributed by atoms with Crippen molar-refractivity contribution in [2.75, 3.05) is 5.88 Å². The summed E-state index contributed by atoms with van der Waals surface area (Å²) >= 11 is 5.65. The van der Waals surface area contributed by atoms with Gasteiger partial charge in [-0.15, -0.1) is 11.6 Å². The van der Waals surface area contributed by atoms with Gasteiger partial charge < -0.3 is 0 Å². The summed E-state index contributed by atoms with van der Waals surface area (Å²) in [5.41, 5.74) is 2.31. The van der Waals surface area contributed by atoms with Crippen molar-refractivity contribution in [1.82, 2.24) is 4.98 Å². The molecule has 0 radical (unpaired) electrons. The first-order valence-electron chi connectivity index (χ1n) is 6.31. The van der Waals surface area contributed by atoms with Crippen molar-refractivity contribution in [3.05, 3.63) is 42.1 Å². The van der Waals surface area contributed by atoms with E-state index < -0.39 is 0 Å². The summed E-state index contributed by atoms with van der Waals surface area (Å²) in [6.07, 6.45) is 5.90. The lowest BCUT2D eigenvalue weighted by Gasteiger charge is -2.03. The predicted octanol–water partition coefficient (Wildman–Crippen LogP) is 4.58. The average molecular weight is 248 g/mol. The van der Waals surface area contributed by atoms with Crippen molar-refractivity contribution in [3.8, 4) is 0 Å². The van der Waals surface area contributed by atoms with E-state index in [0.29, 0.717) is 0 Å². The molecule has 1 aromatic carbocycles. The molecule has 1 aromatic heterocycles. The van der Waals surface area contributed by atoms with Gasteiger partial charge in [-0.3, -0.25) is 4.98 Å². The Morgan fingerprint density at radius 1 is 0.882 bits per heavy atom. The van der Waals surface area contributed by atoms with E-state index in [4.69, 9.17) is 11.6 Å². The second-order valence-corrected chi connectivity index (χ2v) is 4.73. The second-order valence-electron chi connectivity index (χ2n) is 4.35. The van der Waals surface area contributed by atoms with Crippen LogP contribution in [0.3, 0.4) is 0 Å². The van der Waals surface area contributed by atoms with Crippen LogP contribution in [0.1, 0.15) is 31.4 Å². The summed E-state index contributed by atoms with van der Waals surface area (Å²) in [4.78, 5) is 4.67. The summed E-state index contributed by atoms with van der Waals surface area (Å²) < 4.78 is 0. The second kappa shape index (κ2) is 6.61. The molecule has 0 spiro atoms. The highest BCUT2D eigenvalue weighted by Gasteiger charge is 1.98. The van der Waals surface area contributed by atoms with Gasteiger partial charge in [-0.2, -0.15) is 0 Å². The molecule has 0 bridgehead atoms. The van der Waals surface area contributed by atoms with Crippen molar-refractivity contribution in [3.63, 3.8) is 0 Å². The number of hydrogen-bond donors (Lipinski definition) is 0. The number of unbranched alkanes of at least 4 members (excludes halogenated alkanes) is 3. The molecule has 0 aliphatic rings. The van der Waals surface area contributed by atoms with Crippen LogP contribution in [0.25, 0.3) is 10.9 Å². The number of alkyl halides is 1.